The fourth-order valence-corrected chi connectivity index (χ4v) is 5.36. The zero-order valence-electron chi connectivity index (χ0n) is 18.7. The van der Waals surface area contributed by atoms with Crippen LogP contribution in [0.25, 0.3) is 5.57 Å². The van der Waals surface area contributed by atoms with Crippen LogP contribution in [-0.4, -0.2) is 42.8 Å². The highest BCUT2D eigenvalue weighted by atomic mass is 32.2. The zero-order chi connectivity index (χ0) is 21.8. The van der Waals surface area contributed by atoms with Gasteiger partial charge in [0, 0.05) is 36.8 Å². The molecule has 0 saturated carbocycles. The van der Waals surface area contributed by atoms with Crippen LogP contribution in [0.3, 0.4) is 0 Å². The van der Waals surface area contributed by atoms with Gasteiger partial charge < -0.3 is 15.0 Å². The number of fused-ring (bicyclic) bond motifs is 2. The second kappa shape index (κ2) is 9.49. The summed E-state index contributed by atoms with van der Waals surface area (Å²) in [6.45, 7) is 9.16. The van der Waals surface area contributed by atoms with Gasteiger partial charge in [-0.1, -0.05) is 48.0 Å². The molecule has 1 saturated heterocycles. The van der Waals surface area contributed by atoms with Gasteiger partial charge in [-0.15, -0.1) is 11.8 Å². The van der Waals surface area contributed by atoms with E-state index < -0.39 is 5.60 Å². The number of alkyl carbamates (subject to hydrolysis) is 1. The molecule has 164 valence electrons. The standard InChI is InChI=1S/C26H32N2O2S/c1-26(2,3)30-25(29)27-14-17-28-15-12-19(13-16-28)24-21-9-5-4-8-20(21)18-31-23-11-7-6-10-22(23)24/h4-11H,12-18H2,1-3H3,(H,27,29). The molecule has 4 rings (SSSR count). The lowest BCUT2D eigenvalue weighted by molar-refractivity contribution is 0.0521. The van der Waals surface area contributed by atoms with Crippen molar-refractivity contribution in [3.8, 4) is 0 Å². The van der Waals surface area contributed by atoms with E-state index >= 15 is 0 Å². The molecule has 0 aliphatic carbocycles. The van der Waals surface area contributed by atoms with Gasteiger partial charge >= 0.3 is 6.09 Å². The molecular formula is C26H32N2O2S. The number of likely N-dealkylation sites (tertiary alicyclic amines) is 1. The predicted molar refractivity (Wildman–Crippen MR) is 128 cm³/mol. The van der Waals surface area contributed by atoms with Crippen LogP contribution in [0.1, 0.15) is 50.3 Å². The molecule has 0 spiro atoms. The monoisotopic (exact) mass is 436 g/mol. The third-order valence-corrected chi connectivity index (χ3v) is 6.86. The van der Waals surface area contributed by atoms with E-state index in [4.69, 9.17) is 4.74 Å². The van der Waals surface area contributed by atoms with Gasteiger partial charge in [0.1, 0.15) is 5.60 Å². The van der Waals surface area contributed by atoms with Crippen LogP contribution >= 0.6 is 11.8 Å². The lowest BCUT2D eigenvalue weighted by Crippen LogP contribution is -2.40. The van der Waals surface area contributed by atoms with E-state index in [2.05, 4.69) is 58.7 Å². The molecule has 1 fully saturated rings. The summed E-state index contributed by atoms with van der Waals surface area (Å²) in [5.74, 6) is 1.02. The molecule has 2 aromatic carbocycles. The summed E-state index contributed by atoms with van der Waals surface area (Å²) in [7, 11) is 0. The highest BCUT2D eigenvalue weighted by Gasteiger charge is 2.24. The van der Waals surface area contributed by atoms with Crippen LogP contribution in [0.4, 0.5) is 4.79 Å². The Labute approximate surface area is 190 Å². The van der Waals surface area contributed by atoms with Gasteiger partial charge in [-0.05, 0) is 61.9 Å². The number of ether oxygens (including phenoxy) is 1. The fourth-order valence-electron chi connectivity index (χ4n) is 4.30. The number of amides is 1. The number of hydrogen-bond donors (Lipinski definition) is 1. The van der Waals surface area contributed by atoms with Crippen LogP contribution in [0.5, 0.6) is 0 Å². The van der Waals surface area contributed by atoms with E-state index in [9.17, 15) is 4.79 Å². The first-order chi connectivity index (χ1) is 14.9. The maximum atomic E-state index is 11.9. The van der Waals surface area contributed by atoms with E-state index in [1.165, 1.54) is 27.2 Å². The highest BCUT2D eigenvalue weighted by Crippen LogP contribution is 2.43. The average Bonchev–Trinajstić information content (AvgIpc) is 2.90. The van der Waals surface area contributed by atoms with E-state index in [0.29, 0.717) is 6.54 Å². The van der Waals surface area contributed by atoms with Crippen LogP contribution in [0.2, 0.25) is 0 Å². The molecule has 5 heteroatoms. The number of rotatable bonds is 3. The normalized spacial score (nSPS) is 16.9. The largest absolute Gasteiger partial charge is 0.444 e. The van der Waals surface area contributed by atoms with Crippen molar-refractivity contribution in [2.24, 2.45) is 0 Å². The number of hydrogen-bond acceptors (Lipinski definition) is 4. The molecular weight excluding hydrogens is 404 g/mol. The number of benzene rings is 2. The van der Waals surface area contributed by atoms with Crippen LogP contribution < -0.4 is 5.32 Å². The van der Waals surface area contributed by atoms with Crippen molar-refractivity contribution in [3.63, 3.8) is 0 Å². The first-order valence-corrected chi connectivity index (χ1v) is 12.1. The second-order valence-corrected chi connectivity index (χ2v) is 10.2. The molecule has 0 unspecified atom stereocenters. The quantitative estimate of drug-likeness (QED) is 0.669. The Morgan fingerprint density at radius 3 is 2.45 bits per heavy atom. The third-order valence-electron chi connectivity index (χ3n) is 5.74. The first-order valence-electron chi connectivity index (χ1n) is 11.1. The summed E-state index contributed by atoms with van der Waals surface area (Å²) < 4.78 is 5.32. The lowest BCUT2D eigenvalue weighted by atomic mass is 9.86. The third kappa shape index (κ3) is 5.52. The zero-order valence-corrected chi connectivity index (χ0v) is 19.6. The molecule has 2 aliphatic rings. The molecule has 2 heterocycles. The summed E-state index contributed by atoms with van der Waals surface area (Å²) in [4.78, 5) is 15.7. The Morgan fingerprint density at radius 2 is 1.71 bits per heavy atom. The molecule has 0 bridgehead atoms. The highest BCUT2D eigenvalue weighted by molar-refractivity contribution is 7.98. The van der Waals surface area contributed by atoms with Crippen molar-refractivity contribution in [2.75, 3.05) is 26.2 Å². The lowest BCUT2D eigenvalue weighted by Gasteiger charge is -2.30. The van der Waals surface area contributed by atoms with Gasteiger partial charge in [0.25, 0.3) is 0 Å². The Morgan fingerprint density at radius 1 is 1.03 bits per heavy atom. The Bertz CT molecular complexity index is 918. The van der Waals surface area contributed by atoms with E-state index in [0.717, 1.165) is 38.2 Å². The van der Waals surface area contributed by atoms with E-state index in [1.807, 2.05) is 32.5 Å². The molecule has 1 amide bonds. The molecule has 0 radical (unpaired) electrons. The second-order valence-electron chi connectivity index (χ2n) is 9.19. The number of thioether (sulfide) groups is 1. The number of carbonyl (C=O) groups excluding carboxylic acids is 1. The molecule has 4 nitrogen and oxygen atoms in total. The smallest absolute Gasteiger partial charge is 0.407 e. The van der Waals surface area contributed by atoms with E-state index in [1.54, 1.807) is 5.57 Å². The summed E-state index contributed by atoms with van der Waals surface area (Å²) >= 11 is 1.94. The van der Waals surface area contributed by atoms with Gasteiger partial charge in [-0.25, -0.2) is 4.79 Å². The number of nitrogens with one attached hydrogen (secondary N) is 1. The summed E-state index contributed by atoms with van der Waals surface area (Å²) in [5, 5.41) is 2.88. The summed E-state index contributed by atoms with van der Waals surface area (Å²) in [6, 6.07) is 17.7. The molecule has 2 aromatic rings. The van der Waals surface area contributed by atoms with Crippen LogP contribution in [-0.2, 0) is 10.5 Å². The average molecular weight is 437 g/mol. The van der Waals surface area contributed by atoms with Crippen molar-refractivity contribution in [1.29, 1.82) is 0 Å². The minimum absolute atomic E-state index is 0.337. The van der Waals surface area contributed by atoms with Gasteiger partial charge in [-0.2, -0.15) is 0 Å². The molecule has 2 aliphatic heterocycles. The van der Waals surface area contributed by atoms with Crippen molar-refractivity contribution in [1.82, 2.24) is 10.2 Å². The van der Waals surface area contributed by atoms with Crippen molar-refractivity contribution < 1.29 is 9.53 Å². The van der Waals surface area contributed by atoms with Gasteiger partial charge in [0.05, 0.1) is 0 Å². The maximum absolute atomic E-state index is 11.9. The first kappa shape index (κ1) is 22.0. The summed E-state index contributed by atoms with van der Waals surface area (Å²) in [5.41, 5.74) is 6.75. The van der Waals surface area contributed by atoms with Crippen molar-refractivity contribution in [3.05, 3.63) is 70.8 Å². The Hall–Kier alpha value is -2.24. The predicted octanol–water partition coefficient (Wildman–Crippen LogP) is 5.71. The number of nitrogens with zero attached hydrogens (tertiary/aromatic N) is 1. The van der Waals surface area contributed by atoms with Crippen molar-refractivity contribution in [2.45, 2.75) is 49.9 Å². The van der Waals surface area contributed by atoms with Crippen LogP contribution in [0, 0.1) is 0 Å². The summed E-state index contributed by atoms with van der Waals surface area (Å²) in [6.07, 6.45) is 1.79. The van der Waals surface area contributed by atoms with Gasteiger partial charge in [0.15, 0.2) is 0 Å². The fraction of sp³-hybridized carbons (Fsp3) is 0.423. The van der Waals surface area contributed by atoms with Crippen LogP contribution in [0.15, 0.2) is 59.0 Å². The minimum Gasteiger partial charge on any atom is -0.444 e. The molecule has 0 atom stereocenters. The Kier molecular flexibility index (Phi) is 6.73. The van der Waals surface area contributed by atoms with Crippen molar-refractivity contribution >= 4 is 23.4 Å². The number of carbonyl (C=O) groups is 1. The maximum Gasteiger partial charge on any atom is 0.407 e. The molecule has 31 heavy (non-hydrogen) atoms. The van der Waals surface area contributed by atoms with Gasteiger partial charge in [-0.3, -0.25) is 0 Å². The topological polar surface area (TPSA) is 41.6 Å². The molecule has 1 N–H and O–H groups in total. The van der Waals surface area contributed by atoms with Gasteiger partial charge in [0.2, 0.25) is 0 Å². The Balaban J connectivity index is 1.45. The minimum atomic E-state index is -0.458. The van der Waals surface area contributed by atoms with E-state index in [-0.39, 0.29) is 6.09 Å². The molecule has 0 aromatic heterocycles. The SMILES string of the molecule is CC(C)(C)OC(=O)NCCN1CCC(=C2c3ccccc3CSc3ccccc32)CC1. The number of piperidine rings is 1.